The lowest BCUT2D eigenvalue weighted by Crippen LogP contribution is -2.47. The van der Waals surface area contributed by atoms with Gasteiger partial charge in [-0.1, -0.05) is 68.2 Å². The summed E-state index contributed by atoms with van der Waals surface area (Å²) in [7, 11) is 0. The first-order valence-corrected chi connectivity index (χ1v) is 11.3. The van der Waals surface area contributed by atoms with Gasteiger partial charge in [-0.15, -0.1) is 0 Å². The molecule has 3 aliphatic heterocycles. The molecular weight excluding hydrogens is 447 g/mol. The number of ketones is 1. The fourth-order valence-corrected chi connectivity index (χ4v) is 5.47. The molecule has 2 aromatic rings. The lowest BCUT2D eigenvalue weighted by atomic mass is 9.79. The van der Waals surface area contributed by atoms with Gasteiger partial charge >= 0.3 is 0 Å². The number of imide groups is 1. The van der Waals surface area contributed by atoms with E-state index in [1.807, 2.05) is 62.2 Å². The maximum absolute atomic E-state index is 13.7. The van der Waals surface area contributed by atoms with E-state index in [1.165, 1.54) is 11.0 Å². The van der Waals surface area contributed by atoms with Crippen LogP contribution in [0, 0.1) is 17.3 Å². The topological polar surface area (TPSA) is 57.7 Å². The third-order valence-electron chi connectivity index (χ3n) is 6.63. The van der Waals surface area contributed by atoms with E-state index in [0.29, 0.717) is 10.7 Å². The zero-order valence-corrected chi connectivity index (χ0v) is 19.4. The maximum Gasteiger partial charge on any atom is 0.240 e. The van der Waals surface area contributed by atoms with Crippen molar-refractivity contribution in [2.24, 2.45) is 17.3 Å². The Labute approximate surface area is 196 Å². The number of halogens is 2. The van der Waals surface area contributed by atoms with Crippen molar-refractivity contribution in [3.63, 3.8) is 0 Å². The van der Waals surface area contributed by atoms with Crippen molar-refractivity contribution in [2.75, 3.05) is 4.90 Å². The smallest absolute Gasteiger partial charge is 0.240 e. The summed E-state index contributed by atoms with van der Waals surface area (Å²) in [5.41, 5.74) is 1.64. The quantitative estimate of drug-likeness (QED) is 0.573. The first-order chi connectivity index (χ1) is 15.1. The van der Waals surface area contributed by atoms with Crippen LogP contribution in [-0.4, -0.2) is 28.5 Å². The van der Waals surface area contributed by atoms with Gasteiger partial charge in [0.1, 0.15) is 6.04 Å². The van der Waals surface area contributed by atoms with E-state index in [2.05, 4.69) is 0 Å². The van der Waals surface area contributed by atoms with Crippen molar-refractivity contribution in [3.05, 3.63) is 69.8 Å². The second-order valence-electron chi connectivity index (χ2n) is 9.56. The average molecular weight is 469 g/mol. The number of hydrogen-bond acceptors (Lipinski definition) is 4. The van der Waals surface area contributed by atoms with Gasteiger partial charge in [0.15, 0.2) is 5.78 Å². The predicted molar refractivity (Wildman–Crippen MR) is 124 cm³/mol. The number of fused-ring (bicyclic) bond motifs is 5. The largest absolute Gasteiger partial charge is 0.359 e. The molecule has 4 atom stereocenters. The second-order valence-corrected chi connectivity index (χ2v) is 10.4. The van der Waals surface area contributed by atoms with E-state index in [-0.39, 0.29) is 28.7 Å². The highest BCUT2D eigenvalue weighted by Gasteiger charge is 2.65. The SMILES string of the molecule is CC(C)(C)C(=O)[C@@H]1[C@@H]2C(=O)N(c3ccc(Cl)c(Cl)c3)C(=O)[C@@H]2C2c3ccccc3C=CN21. The van der Waals surface area contributed by atoms with Gasteiger partial charge in [-0.2, -0.15) is 0 Å². The minimum absolute atomic E-state index is 0.0591. The van der Waals surface area contributed by atoms with Gasteiger partial charge in [0.05, 0.1) is 33.6 Å². The van der Waals surface area contributed by atoms with Crippen LogP contribution in [0.2, 0.25) is 10.0 Å². The minimum Gasteiger partial charge on any atom is -0.359 e. The van der Waals surface area contributed by atoms with Gasteiger partial charge in [0.2, 0.25) is 11.8 Å². The van der Waals surface area contributed by atoms with Crippen molar-refractivity contribution < 1.29 is 14.4 Å². The number of amides is 2. The number of nitrogens with zero attached hydrogens (tertiary/aromatic N) is 2. The Balaban J connectivity index is 1.67. The third kappa shape index (κ3) is 2.95. The van der Waals surface area contributed by atoms with Crippen LogP contribution in [0.4, 0.5) is 5.69 Å². The van der Waals surface area contributed by atoms with E-state index < -0.39 is 23.3 Å². The Morgan fingerprint density at radius 1 is 0.938 bits per heavy atom. The monoisotopic (exact) mass is 468 g/mol. The highest BCUT2D eigenvalue weighted by molar-refractivity contribution is 6.42. The van der Waals surface area contributed by atoms with Crippen molar-refractivity contribution >= 4 is 52.6 Å². The zero-order valence-electron chi connectivity index (χ0n) is 17.9. The molecule has 5 nitrogen and oxygen atoms in total. The van der Waals surface area contributed by atoms with Gasteiger partial charge < -0.3 is 4.90 Å². The van der Waals surface area contributed by atoms with E-state index in [4.69, 9.17) is 23.2 Å². The molecular formula is C25H22Cl2N2O3. The Morgan fingerprint density at radius 2 is 1.62 bits per heavy atom. The summed E-state index contributed by atoms with van der Waals surface area (Å²) in [6.07, 6.45) is 3.81. The number of carbonyl (C=O) groups excluding carboxylic acids is 3. The summed E-state index contributed by atoms with van der Waals surface area (Å²) in [4.78, 5) is 44.1. The summed E-state index contributed by atoms with van der Waals surface area (Å²) in [5.74, 6) is -2.19. The Hall–Kier alpha value is -2.63. The Kier molecular flexibility index (Phi) is 4.77. The lowest BCUT2D eigenvalue weighted by Gasteiger charge is -2.37. The van der Waals surface area contributed by atoms with E-state index >= 15 is 0 Å². The van der Waals surface area contributed by atoms with Crippen LogP contribution in [0.5, 0.6) is 0 Å². The normalized spacial score (nSPS) is 26.3. The molecule has 0 aromatic heterocycles. The van der Waals surface area contributed by atoms with Crippen molar-refractivity contribution in [1.82, 2.24) is 4.90 Å². The molecule has 0 bridgehead atoms. The van der Waals surface area contributed by atoms with Crippen LogP contribution in [0.3, 0.4) is 0 Å². The number of benzene rings is 2. The van der Waals surface area contributed by atoms with Gasteiger partial charge in [0.25, 0.3) is 0 Å². The fourth-order valence-electron chi connectivity index (χ4n) is 5.18. The number of anilines is 1. The van der Waals surface area contributed by atoms with Crippen molar-refractivity contribution in [3.8, 4) is 0 Å². The number of Topliss-reactive ketones (excluding diaryl/α,β-unsaturated/α-hetero) is 1. The van der Waals surface area contributed by atoms with E-state index in [9.17, 15) is 14.4 Å². The number of rotatable bonds is 2. The molecule has 0 N–H and O–H groups in total. The van der Waals surface area contributed by atoms with Crippen molar-refractivity contribution in [1.29, 1.82) is 0 Å². The van der Waals surface area contributed by atoms with Crippen LogP contribution in [0.1, 0.15) is 37.9 Å². The van der Waals surface area contributed by atoms with Crippen LogP contribution in [0.15, 0.2) is 48.7 Å². The van der Waals surface area contributed by atoms with Gasteiger partial charge in [-0.05, 0) is 35.4 Å². The van der Waals surface area contributed by atoms with E-state index in [0.717, 1.165) is 11.1 Å². The highest BCUT2D eigenvalue weighted by Crippen LogP contribution is 2.54. The Morgan fingerprint density at radius 3 is 2.31 bits per heavy atom. The standard InChI is InChI=1S/C25H22Cl2N2O3/c1-25(2,3)22(30)21-19-18(20-15-7-5-4-6-13(15)10-11-28(20)21)23(31)29(24(19)32)14-8-9-16(26)17(27)12-14/h4-12,18-21H,1-3H3/t18-,19+,20?,21-/m0/s1. The summed E-state index contributed by atoms with van der Waals surface area (Å²) in [5, 5.41) is 0.602. The van der Waals surface area contributed by atoms with Crippen LogP contribution >= 0.6 is 23.2 Å². The molecule has 32 heavy (non-hydrogen) atoms. The zero-order chi connectivity index (χ0) is 22.9. The number of hydrogen-bond donors (Lipinski definition) is 0. The molecule has 5 rings (SSSR count). The number of carbonyl (C=O) groups is 3. The molecule has 0 spiro atoms. The van der Waals surface area contributed by atoms with Crippen molar-refractivity contribution in [2.45, 2.75) is 32.9 Å². The first-order valence-electron chi connectivity index (χ1n) is 10.5. The predicted octanol–water partition coefficient (Wildman–Crippen LogP) is 5.12. The molecule has 1 unspecified atom stereocenters. The second kappa shape index (κ2) is 7.19. The molecule has 3 aliphatic rings. The Bertz CT molecular complexity index is 1200. The molecule has 0 aliphatic carbocycles. The van der Waals surface area contributed by atoms with Gasteiger partial charge in [0, 0.05) is 11.6 Å². The minimum atomic E-state index is -0.774. The average Bonchev–Trinajstić information content (AvgIpc) is 3.22. The first kappa shape index (κ1) is 21.2. The lowest BCUT2D eigenvalue weighted by molar-refractivity contribution is -0.135. The third-order valence-corrected chi connectivity index (χ3v) is 7.37. The van der Waals surface area contributed by atoms with Crippen LogP contribution < -0.4 is 4.90 Å². The van der Waals surface area contributed by atoms with E-state index in [1.54, 1.807) is 12.1 Å². The molecule has 0 saturated carbocycles. The molecule has 2 aromatic carbocycles. The molecule has 0 radical (unpaired) electrons. The highest BCUT2D eigenvalue weighted by atomic mass is 35.5. The summed E-state index contributed by atoms with van der Waals surface area (Å²) < 4.78 is 0. The summed E-state index contributed by atoms with van der Waals surface area (Å²) in [6, 6.07) is 11.4. The van der Waals surface area contributed by atoms with Gasteiger partial charge in [-0.3, -0.25) is 14.4 Å². The molecule has 2 saturated heterocycles. The van der Waals surface area contributed by atoms with Crippen LogP contribution in [0.25, 0.3) is 6.08 Å². The molecule has 3 heterocycles. The molecule has 164 valence electrons. The maximum atomic E-state index is 13.7. The van der Waals surface area contributed by atoms with Gasteiger partial charge in [-0.25, -0.2) is 4.90 Å². The summed E-state index contributed by atoms with van der Waals surface area (Å²) in [6.45, 7) is 5.53. The fraction of sp³-hybridized carbons (Fsp3) is 0.320. The van der Waals surface area contributed by atoms with Crippen LogP contribution in [-0.2, 0) is 14.4 Å². The summed E-state index contributed by atoms with van der Waals surface area (Å²) >= 11 is 12.2. The molecule has 2 amide bonds. The molecule has 7 heteroatoms. The molecule has 2 fully saturated rings.